The minimum Gasteiger partial charge on any atom is -0.277 e. The second-order valence-corrected chi connectivity index (χ2v) is 10.1. The maximum atomic E-state index is 5.03. The molecule has 0 aliphatic heterocycles. The summed E-state index contributed by atoms with van der Waals surface area (Å²) in [5.74, 6) is 1.28. The summed E-state index contributed by atoms with van der Waals surface area (Å²) in [6.45, 7) is 0. The lowest BCUT2D eigenvalue weighted by Gasteiger charge is -2.14. The van der Waals surface area contributed by atoms with E-state index in [0.29, 0.717) is 11.8 Å². The normalized spacial score (nSPS) is 12.1. The highest BCUT2D eigenvalue weighted by atomic mass is 15.2. The summed E-state index contributed by atoms with van der Waals surface area (Å²) in [7, 11) is 0. The van der Waals surface area contributed by atoms with Crippen molar-refractivity contribution in [2.24, 2.45) is 0 Å². The van der Waals surface area contributed by atoms with E-state index in [4.69, 9.17) is 9.97 Å². The molecule has 2 heterocycles. The molecule has 0 bridgehead atoms. The van der Waals surface area contributed by atoms with Gasteiger partial charge >= 0.3 is 0 Å². The molecule has 0 N–H and O–H groups in total. The largest absolute Gasteiger partial charge is 0.277 e. The molecule has 0 spiro atoms. The van der Waals surface area contributed by atoms with E-state index in [1.807, 2.05) is 30.3 Å². The van der Waals surface area contributed by atoms with Gasteiger partial charge in [-0.3, -0.25) is 4.57 Å². The van der Waals surface area contributed by atoms with Crippen molar-refractivity contribution >= 4 is 43.4 Å². The SMILES string of the molecule is c1ccc(-c2ncnc(-n3c4ccc5cccc6c5c4c4c(cc5ccccc5c43)-c3ccccc3-6)n2)cc1. The van der Waals surface area contributed by atoms with Gasteiger partial charge in [0.25, 0.3) is 0 Å². The first kappa shape index (κ1) is 20.7. The van der Waals surface area contributed by atoms with Gasteiger partial charge in [-0.15, -0.1) is 0 Å². The topological polar surface area (TPSA) is 43.6 Å². The molecule has 0 unspecified atom stereocenters. The van der Waals surface area contributed by atoms with Crippen LogP contribution in [-0.4, -0.2) is 19.5 Å². The number of aromatic nitrogens is 4. The molecule has 0 saturated carbocycles. The van der Waals surface area contributed by atoms with Gasteiger partial charge in [0, 0.05) is 21.7 Å². The zero-order chi connectivity index (χ0) is 25.5. The molecule has 0 fully saturated rings. The van der Waals surface area contributed by atoms with Crippen molar-refractivity contribution in [2.45, 2.75) is 0 Å². The van der Waals surface area contributed by atoms with Crippen molar-refractivity contribution in [3.05, 3.63) is 122 Å². The molecule has 0 radical (unpaired) electrons. The first-order valence-corrected chi connectivity index (χ1v) is 13.1. The fourth-order valence-corrected chi connectivity index (χ4v) is 6.46. The van der Waals surface area contributed by atoms with Crippen LogP contribution in [0.4, 0.5) is 0 Å². The van der Waals surface area contributed by atoms with Gasteiger partial charge in [-0.25, -0.2) is 9.97 Å². The fourth-order valence-electron chi connectivity index (χ4n) is 6.46. The molecule has 4 heteroatoms. The highest BCUT2D eigenvalue weighted by molar-refractivity contribution is 6.33. The Kier molecular flexibility index (Phi) is 4.02. The van der Waals surface area contributed by atoms with E-state index in [0.717, 1.165) is 16.6 Å². The molecule has 9 rings (SSSR count). The third-order valence-corrected chi connectivity index (χ3v) is 8.06. The molecular formula is C35H20N4. The molecule has 4 nitrogen and oxygen atoms in total. The molecule has 180 valence electrons. The molecule has 0 saturated heterocycles. The molecule has 1 aliphatic carbocycles. The third-order valence-electron chi connectivity index (χ3n) is 8.06. The van der Waals surface area contributed by atoms with Crippen LogP contribution < -0.4 is 0 Å². The second-order valence-electron chi connectivity index (χ2n) is 10.1. The number of nitrogens with zero attached hydrogens (tertiary/aromatic N) is 4. The molecule has 39 heavy (non-hydrogen) atoms. The van der Waals surface area contributed by atoms with E-state index < -0.39 is 0 Å². The van der Waals surface area contributed by atoms with Gasteiger partial charge in [-0.2, -0.15) is 4.98 Å². The van der Waals surface area contributed by atoms with Gasteiger partial charge < -0.3 is 0 Å². The summed E-state index contributed by atoms with van der Waals surface area (Å²) in [5.41, 5.74) is 8.20. The average Bonchev–Trinajstić information content (AvgIpc) is 3.31. The summed E-state index contributed by atoms with van der Waals surface area (Å²) >= 11 is 0. The van der Waals surface area contributed by atoms with Gasteiger partial charge in [0.15, 0.2) is 5.82 Å². The first-order valence-electron chi connectivity index (χ1n) is 13.1. The van der Waals surface area contributed by atoms with Crippen LogP contribution in [0.25, 0.3) is 82.9 Å². The Morgan fingerprint density at radius 1 is 0.513 bits per heavy atom. The number of hydrogen-bond donors (Lipinski definition) is 0. The quantitative estimate of drug-likeness (QED) is 0.241. The summed E-state index contributed by atoms with van der Waals surface area (Å²) in [6.07, 6.45) is 1.63. The highest BCUT2D eigenvalue weighted by Gasteiger charge is 2.26. The van der Waals surface area contributed by atoms with Gasteiger partial charge in [0.05, 0.1) is 11.0 Å². The van der Waals surface area contributed by atoms with Gasteiger partial charge in [-0.05, 0) is 50.5 Å². The summed E-state index contributed by atoms with van der Waals surface area (Å²) < 4.78 is 2.24. The number of fused-ring (bicyclic) bond motifs is 5. The molecular weight excluding hydrogens is 476 g/mol. The van der Waals surface area contributed by atoms with E-state index in [-0.39, 0.29) is 0 Å². The Bertz CT molecular complexity index is 2280. The smallest absolute Gasteiger partial charge is 0.238 e. The van der Waals surface area contributed by atoms with Gasteiger partial charge in [0.2, 0.25) is 5.95 Å². The maximum Gasteiger partial charge on any atom is 0.238 e. The Hall–Kier alpha value is -5.35. The third kappa shape index (κ3) is 2.75. The lowest BCUT2D eigenvalue weighted by atomic mass is 9.92. The van der Waals surface area contributed by atoms with Crippen LogP contribution in [0.2, 0.25) is 0 Å². The minimum absolute atomic E-state index is 0.622. The molecule has 0 amide bonds. The Labute approximate surface area is 223 Å². The first-order chi connectivity index (χ1) is 19.4. The van der Waals surface area contributed by atoms with E-state index >= 15 is 0 Å². The van der Waals surface area contributed by atoms with E-state index in [9.17, 15) is 0 Å². The summed E-state index contributed by atoms with van der Waals surface area (Å²) in [5, 5.41) is 7.37. The van der Waals surface area contributed by atoms with Crippen molar-refractivity contribution in [3.8, 4) is 39.6 Å². The predicted octanol–water partition coefficient (Wildman–Crippen LogP) is 8.59. The maximum absolute atomic E-state index is 5.03. The van der Waals surface area contributed by atoms with E-state index in [1.165, 1.54) is 54.6 Å². The highest BCUT2D eigenvalue weighted by Crippen LogP contribution is 2.51. The fraction of sp³-hybridized carbons (Fsp3) is 0. The summed E-state index contributed by atoms with van der Waals surface area (Å²) in [4.78, 5) is 14.3. The van der Waals surface area contributed by atoms with Crippen molar-refractivity contribution < 1.29 is 0 Å². The van der Waals surface area contributed by atoms with Crippen LogP contribution in [0.15, 0.2) is 122 Å². The monoisotopic (exact) mass is 496 g/mol. The lowest BCUT2D eigenvalue weighted by molar-refractivity contribution is 0.948. The van der Waals surface area contributed by atoms with Gasteiger partial charge in [-0.1, -0.05) is 103 Å². The molecule has 8 aromatic rings. The zero-order valence-electron chi connectivity index (χ0n) is 20.8. The lowest BCUT2D eigenvalue weighted by Crippen LogP contribution is -2.04. The average molecular weight is 497 g/mol. The Morgan fingerprint density at radius 2 is 1.26 bits per heavy atom. The Morgan fingerprint density at radius 3 is 2.15 bits per heavy atom. The standard InChI is InChI=1S/C35H20N4/c1-2-9-22(10-3-1)34-36-20-37-35(38-34)39-29-18-17-21-12-8-16-27-25-14-6-7-15-26(25)28-19-23-11-4-5-13-24(23)33(39)31(28)32(29)30(21)27/h1-20H. The van der Waals surface area contributed by atoms with Crippen molar-refractivity contribution in [1.29, 1.82) is 0 Å². The number of hydrogen-bond acceptors (Lipinski definition) is 3. The van der Waals surface area contributed by atoms with Crippen LogP contribution >= 0.6 is 0 Å². The van der Waals surface area contributed by atoms with Crippen LogP contribution in [-0.2, 0) is 0 Å². The Balaban J connectivity index is 1.54. The van der Waals surface area contributed by atoms with Crippen LogP contribution in [0, 0.1) is 0 Å². The second kappa shape index (κ2) is 7.59. The van der Waals surface area contributed by atoms with Crippen molar-refractivity contribution in [2.75, 3.05) is 0 Å². The number of rotatable bonds is 2. The van der Waals surface area contributed by atoms with Crippen molar-refractivity contribution in [3.63, 3.8) is 0 Å². The molecule has 2 aromatic heterocycles. The molecule has 1 aliphatic rings. The van der Waals surface area contributed by atoms with Gasteiger partial charge in [0.1, 0.15) is 6.33 Å². The van der Waals surface area contributed by atoms with Crippen LogP contribution in [0.5, 0.6) is 0 Å². The van der Waals surface area contributed by atoms with E-state index in [1.54, 1.807) is 6.33 Å². The van der Waals surface area contributed by atoms with Crippen LogP contribution in [0.1, 0.15) is 0 Å². The summed E-state index contributed by atoms with van der Waals surface area (Å²) in [6, 6.07) is 41.0. The zero-order valence-corrected chi connectivity index (χ0v) is 20.8. The minimum atomic E-state index is 0.622. The predicted molar refractivity (Wildman–Crippen MR) is 159 cm³/mol. The van der Waals surface area contributed by atoms with E-state index in [2.05, 4.69) is 94.5 Å². The van der Waals surface area contributed by atoms with Crippen LogP contribution in [0.3, 0.4) is 0 Å². The number of benzene rings is 6. The molecule has 0 atom stereocenters. The van der Waals surface area contributed by atoms with Crippen molar-refractivity contribution in [1.82, 2.24) is 19.5 Å². The molecule has 6 aromatic carbocycles.